The molecule has 462 valence electrons. The number of hydrogen-bond acceptors (Lipinski definition) is 25. The highest BCUT2D eigenvalue weighted by molar-refractivity contribution is 7.15. The maximum absolute atomic E-state index is 10.9. The number of thiazole rings is 3. The highest BCUT2D eigenvalue weighted by Crippen LogP contribution is 2.37. The van der Waals surface area contributed by atoms with Crippen LogP contribution < -0.4 is 48.6 Å². The van der Waals surface area contributed by atoms with E-state index < -0.39 is 5.79 Å². The topological polar surface area (TPSA) is 366 Å². The molecule has 87 heavy (non-hydrogen) atoms. The molecule has 0 radical (unpaired) electrons. The summed E-state index contributed by atoms with van der Waals surface area (Å²) >= 11 is 4.90. The van der Waals surface area contributed by atoms with Crippen LogP contribution in [0.15, 0.2) is 73.1 Å². The predicted octanol–water partition coefficient (Wildman–Crippen LogP) is 10.6. The largest absolute Gasteiger partial charge is 0.493 e. The average Bonchev–Trinajstić information content (AvgIpc) is 3.18. The van der Waals surface area contributed by atoms with Crippen molar-refractivity contribution in [2.75, 3.05) is 54.2 Å². The Morgan fingerprint density at radius 2 is 0.805 bits per heavy atom. The van der Waals surface area contributed by atoms with Crippen molar-refractivity contribution in [2.45, 2.75) is 144 Å². The zero-order valence-electron chi connectivity index (χ0n) is 50.7. The van der Waals surface area contributed by atoms with Crippen molar-refractivity contribution in [2.24, 2.45) is 0 Å². The van der Waals surface area contributed by atoms with Gasteiger partial charge in [-0.05, 0) is 82.1 Å². The maximum atomic E-state index is 10.9. The lowest BCUT2D eigenvalue weighted by atomic mass is 10.1. The number of ether oxygens (including phenoxy) is 3. The summed E-state index contributed by atoms with van der Waals surface area (Å²) in [6, 6.07) is 18.4. The van der Waals surface area contributed by atoms with Crippen molar-refractivity contribution in [3.05, 3.63) is 128 Å². The fourth-order valence-corrected chi connectivity index (χ4v) is 12.5. The lowest BCUT2D eigenvalue weighted by Crippen LogP contribution is -2.30. The minimum atomic E-state index is -2.27. The second-order valence-electron chi connectivity index (χ2n) is 20.5. The normalized spacial score (nSPS) is 11.2. The standard InChI is InChI=1S/C22H29N5OS.C20H26N6O3S.C20H26N6OS/c1-4-6-18-16(9-10-21-26-19(23)13-20(24)27-21)25-22(29-18)15-8-7-14(3)17(12-15)28-11-5-2;1-3-5-13-18(20(27,28)11-16-24-14(21)10-15(22)25-16)26-19(30-13)12-6-7-23-17(9-12)29-8-4-2;1-3-5-15-14(6-7-18-25-16(21)12-17(22)26-18)24-20(28-15)13-8-9-23-19(11-13)27-10-4-2/h7-8,12-13H,4-6,9-11H2,1-3H3,(H4,23,24,26,27);6-7,9-10,27-28H,3-5,8,11H2,1-2H3,(H4,21,22,24,25);8-9,11-12H,3-7,10H2,1-2H3,(H4,21,22,25,26). The Bertz CT molecular complexity index is 3590. The number of aryl methyl sites for hydroxylation is 8. The monoisotopic (exact) mass is 1240 g/mol. The molecule has 25 heteroatoms. The van der Waals surface area contributed by atoms with Gasteiger partial charge in [0.1, 0.15) is 78.8 Å². The summed E-state index contributed by atoms with van der Waals surface area (Å²) in [5, 5.41) is 24.4. The van der Waals surface area contributed by atoms with E-state index in [1.54, 1.807) is 53.3 Å². The molecule has 1 aromatic carbocycles. The number of aliphatic hydroxyl groups is 2. The van der Waals surface area contributed by atoms with Gasteiger partial charge in [0.2, 0.25) is 17.5 Å². The Kier molecular flexibility index (Phi) is 24.8. The molecule has 0 aliphatic rings. The molecule has 0 bridgehead atoms. The molecule has 0 amide bonds. The summed E-state index contributed by atoms with van der Waals surface area (Å²) in [5.41, 5.74) is 41.0. The molecule has 9 aromatic rings. The van der Waals surface area contributed by atoms with Gasteiger partial charge < -0.3 is 58.8 Å². The fraction of sp³-hybridized carbons (Fsp3) is 0.403. The van der Waals surface area contributed by atoms with Crippen LogP contribution in [0, 0.1) is 6.92 Å². The van der Waals surface area contributed by atoms with E-state index in [4.69, 9.17) is 58.6 Å². The quantitative estimate of drug-likeness (QED) is 0.0222. The van der Waals surface area contributed by atoms with Crippen LogP contribution in [0.3, 0.4) is 0 Å². The maximum Gasteiger partial charge on any atom is 0.215 e. The van der Waals surface area contributed by atoms with Gasteiger partial charge in [0, 0.05) is 86.9 Å². The van der Waals surface area contributed by atoms with Crippen LogP contribution in [0.2, 0.25) is 0 Å². The third-order valence-electron chi connectivity index (χ3n) is 12.8. The van der Waals surface area contributed by atoms with Crippen LogP contribution in [-0.4, -0.2) is 84.9 Å². The molecule has 0 unspecified atom stereocenters. The number of nitrogens with zero attached hydrogens (tertiary/aromatic N) is 11. The highest BCUT2D eigenvalue weighted by atomic mass is 32.1. The SMILES string of the molecule is CCCOc1cc(-c2nc(C(O)(O)Cc3nc(N)cc(N)n3)c(CCC)s2)ccn1.CCCOc1cc(-c2nc(CCc3nc(N)cc(N)n3)c(CCC)s2)ccc1C.CCCOc1cc(-c2nc(CCc3nc(N)cc(N)n3)c(CCC)s2)ccn1. The van der Waals surface area contributed by atoms with Gasteiger partial charge in [0.05, 0.1) is 37.6 Å². The summed E-state index contributed by atoms with van der Waals surface area (Å²) < 4.78 is 17.1. The van der Waals surface area contributed by atoms with Crippen LogP contribution in [-0.2, 0) is 57.2 Å². The molecule has 0 saturated carbocycles. The number of rotatable bonds is 27. The smallest absolute Gasteiger partial charge is 0.215 e. The van der Waals surface area contributed by atoms with Crippen molar-refractivity contribution in [1.29, 1.82) is 0 Å². The van der Waals surface area contributed by atoms with Gasteiger partial charge in [0.25, 0.3) is 0 Å². The zero-order valence-corrected chi connectivity index (χ0v) is 53.1. The van der Waals surface area contributed by atoms with E-state index in [1.165, 1.54) is 27.2 Å². The Morgan fingerprint density at radius 1 is 0.414 bits per heavy atom. The number of aromatic nitrogens is 11. The number of hydrogen-bond donors (Lipinski definition) is 8. The van der Waals surface area contributed by atoms with E-state index in [0.717, 1.165) is 125 Å². The van der Waals surface area contributed by atoms with Crippen LogP contribution in [0.1, 0.15) is 135 Å². The molecule has 9 rings (SSSR count). The van der Waals surface area contributed by atoms with Crippen LogP contribution >= 0.6 is 34.0 Å². The van der Waals surface area contributed by atoms with Crippen LogP contribution in [0.5, 0.6) is 17.5 Å². The zero-order chi connectivity index (χ0) is 62.5. The molecular weight excluding hydrogens is 1160 g/mol. The summed E-state index contributed by atoms with van der Waals surface area (Å²) in [4.78, 5) is 51.5. The Morgan fingerprint density at radius 3 is 1.24 bits per heavy atom. The second-order valence-corrected chi connectivity index (χ2v) is 23.8. The molecule has 8 heterocycles. The number of nitrogen functional groups attached to an aromatic ring is 6. The van der Waals surface area contributed by atoms with E-state index in [-0.39, 0.29) is 29.6 Å². The highest BCUT2D eigenvalue weighted by Gasteiger charge is 2.34. The first-order valence-electron chi connectivity index (χ1n) is 29.4. The fourth-order valence-electron chi connectivity index (χ4n) is 8.87. The van der Waals surface area contributed by atoms with Crippen molar-refractivity contribution in [3.63, 3.8) is 0 Å². The van der Waals surface area contributed by atoms with Gasteiger partial charge in [-0.3, -0.25) is 0 Å². The van der Waals surface area contributed by atoms with Gasteiger partial charge >= 0.3 is 0 Å². The Balaban J connectivity index is 0.000000187. The number of benzene rings is 1. The first kappa shape index (κ1) is 66.3. The van der Waals surface area contributed by atoms with Gasteiger partial charge in [-0.1, -0.05) is 72.9 Å². The molecule has 0 fully saturated rings. The van der Waals surface area contributed by atoms with Gasteiger partial charge in [-0.2, -0.15) is 0 Å². The molecule has 22 nitrogen and oxygen atoms in total. The molecule has 0 saturated heterocycles. The summed E-state index contributed by atoms with van der Waals surface area (Å²) in [6.45, 7) is 16.6. The summed E-state index contributed by atoms with van der Waals surface area (Å²) in [7, 11) is 0. The first-order valence-corrected chi connectivity index (χ1v) is 31.9. The third-order valence-corrected chi connectivity index (χ3v) is 16.4. The van der Waals surface area contributed by atoms with Gasteiger partial charge in [-0.15, -0.1) is 34.0 Å². The molecule has 0 atom stereocenters. The average molecular weight is 1240 g/mol. The molecular formula is C62H81N17O5S3. The Hall–Kier alpha value is -8.23. The number of nitrogens with two attached hydrogens (primary N) is 6. The number of pyridine rings is 2. The lowest BCUT2D eigenvalue weighted by molar-refractivity contribution is -0.172. The first-order chi connectivity index (χ1) is 41.9. The van der Waals surface area contributed by atoms with Crippen molar-refractivity contribution < 1.29 is 24.4 Å². The third kappa shape index (κ3) is 19.6. The second kappa shape index (κ2) is 32.5. The molecule has 0 aliphatic heterocycles. The predicted molar refractivity (Wildman–Crippen MR) is 350 cm³/mol. The summed E-state index contributed by atoms with van der Waals surface area (Å²) in [6.07, 6.45) is 14.4. The lowest BCUT2D eigenvalue weighted by Gasteiger charge is -2.20. The minimum absolute atomic E-state index is 0.133. The molecule has 0 spiro atoms. The van der Waals surface area contributed by atoms with Crippen LogP contribution in [0.25, 0.3) is 31.7 Å². The van der Waals surface area contributed by atoms with Crippen molar-refractivity contribution >= 4 is 68.9 Å². The van der Waals surface area contributed by atoms with E-state index in [9.17, 15) is 10.2 Å². The van der Waals surface area contributed by atoms with Crippen molar-refractivity contribution in [1.82, 2.24) is 54.8 Å². The van der Waals surface area contributed by atoms with E-state index in [2.05, 4.69) is 97.7 Å². The van der Waals surface area contributed by atoms with Gasteiger partial charge in [-0.25, -0.2) is 54.8 Å². The molecule has 14 N–H and O–H groups in total. The Labute approximate surface area is 520 Å². The molecule has 8 aromatic heterocycles. The van der Waals surface area contributed by atoms with Gasteiger partial charge in [0.15, 0.2) is 0 Å². The van der Waals surface area contributed by atoms with Crippen molar-refractivity contribution in [3.8, 4) is 49.2 Å². The van der Waals surface area contributed by atoms with E-state index in [1.807, 2.05) is 32.0 Å². The van der Waals surface area contributed by atoms with E-state index in [0.29, 0.717) is 84.2 Å². The number of anilines is 6. The van der Waals surface area contributed by atoms with Crippen LogP contribution in [0.4, 0.5) is 34.9 Å². The van der Waals surface area contributed by atoms with E-state index >= 15 is 0 Å². The summed E-state index contributed by atoms with van der Waals surface area (Å²) in [5.74, 6) is 3.16. The molecule has 0 aliphatic carbocycles. The minimum Gasteiger partial charge on any atom is -0.493 e.